The maximum Gasteiger partial charge on any atom is 0.408 e. The van der Waals surface area contributed by atoms with E-state index in [4.69, 9.17) is 10.5 Å². The van der Waals surface area contributed by atoms with E-state index >= 15 is 0 Å². The minimum absolute atomic E-state index is 0.0864. The zero-order chi connectivity index (χ0) is 21.9. The number of amides is 3. The van der Waals surface area contributed by atoms with E-state index in [-0.39, 0.29) is 18.9 Å². The van der Waals surface area contributed by atoms with Crippen LogP contribution in [0.1, 0.15) is 31.4 Å². The Kier molecular flexibility index (Phi) is 8.87. The van der Waals surface area contributed by atoms with Crippen molar-refractivity contribution in [3.05, 3.63) is 71.8 Å². The number of alkyl carbamates (subject to hydrolysis) is 1. The second-order valence-corrected chi connectivity index (χ2v) is 7.22. The smallest absolute Gasteiger partial charge is 0.408 e. The van der Waals surface area contributed by atoms with Gasteiger partial charge in [0, 0.05) is 6.42 Å². The number of nitrogens with two attached hydrogens (primary N) is 1. The van der Waals surface area contributed by atoms with Crippen LogP contribution in [-0.2, 0) is 27.4 Å². The molecule has 7 heteroatoms. The number of carbonyl (C=O) groups excluding carboxylic acids is 3. The summed E-state index contributed by atoms with van der Waals surface area (Å²) in [6.07, 6.45) is 0.206. The summed E-state index contributed by atoms with van der Waals surface area (Å²) in [5, 5.41) is 5.29. The summed E-state index contributed by atoms with van der Waals surface area (Å²) in [5.41, 5.74) is 7.16. The van der Waals surface area contributed by atoms with Gasteiger partial charge in [-0.25, -0.2) is 4.79 Å². The fourth-order valence-electron chi connectivity index (χ4n) is 2.95. The van der Waals surface area contributed by atoms with Crippen LogP contribution in [0.2, 0.25) is 0 Å². The molecule has 0 bridgehead atoms. The Morgan fingerprint density at radius 1 is 0.933 bits per heavy atom. The Bertz CT molecular complexity index is 827. The maximum atomic E-state index is 12.9. The molecular formula is C23H29N3O4. The lowest BCUT2D eigenvalue weighted by Crippen LogP contribution is -2.55. The number of nitrogens with one attached hydrogen (secondary N) is 2. The van der Waals surface area contributed by atoms with E-state index in [0.29, 0.717) is 6.42 Å². The third kappa shape index (κ3) is 7.24. The highest BCUT2D eigenvalue weighted by Crippen LogP contribution is 2.10. The van der Waals surface area contributed by atoms with Crippen LogP contribution < -0.4 is 16.4 Å². The van der Waals surface area contributed by atoms with Crippen LogP contribution >= 0.6 is 0 Å². The van der Waals surface area contributed by atoms with Gasteiger partial charge in [0.25, 0.3) is 0 Å². The Balaban J connectivity index is 2.08. The van der Waals surface area contributed by atoms with Crippen molar-refractivity contribution in [2.24, 2.45) is 11.7 Å². The molecule has 0 saturated heterocycles. The lowest BCUT2D eigenvalue weighted by atomic mass is 9.97. The van der Waals surface area contributed by atoms with Gasteiger partial charge in [0.15, 0.2) is 0 Å². The maximum absolute atomic E-state index is 12.9. The van der Waals surface area contributed by atoms with Crippen LogP contribution in [0.5, 0.6) is 0 Å². The molecule has 4 N–H and O–H groups in total. The topological polar surface area (TPSA) is 111 Å². The number of carbonyl (C=O) groups is 3. The Morgan fingerprint density at radius 3 is 2.03 bits per heavy atom. The van der Waals surface area contributed by atoms with E-state index in [2.05, 4.69) is 10.6 Å². The van der Waals surface area contributed by atoms with E-state index in [1.54, 1.807) is 0 Å². The first-order valence-electron chi connectivity index (χ1n) is 10.0. The van der Waals surface area contributed by atoms with Crippen LogP contribution in [-0.4, -0.2) is 30.0 Å². The van der Waals surface area contributed by atoms with Crippen molar-refractivity contribution in [2.75, 3.05) is 0 Å². The Morgan fingerprint density at radius 2 is 1.50 bits per heavy atom. The first-order valence-corrected chi connectivity index (χ1v) is 10.0. The van der Waals surface area contributed by atoms with E-state index in [1.807, 2.05) is 74.5 Å². The summed E-state index contributed by atoms with van der Waals surface area (Å²) in [7, 11) is 0. The number of hydrogen-bond donors (Lipinski definition) is 3. The highest BCUT2D eigenvalue weighted by Gasteiger charge is 2.29. The molecule has 7 nitrogen and oxygen atoms in total. The third-order valence-corrected chi connectivity index (χ3v) is 4.92. The van der Waals surface area contributed by atoms with E-state index in [0.717, 1.165) is 11.1 Å². The molecule has 0 aliphatic heterocycles. The number of primary amides is 1. The fourth-order valence-corrected chi connectivity index (χ4v) is 2.95. The molecule has 0 spiro atoms. The SMILES string of the molecule is CCC(C)[C@H](NC(=O)C(Cc1ccccc1)NC(=O)OCc1ccccc1)C(N)=O. The minimum Gasteiger partial charge on any atom is -0.445 e. The van der Waals surface area contributed by atoms with Gasteiger partial charge in [0.2, 0.25) is 11.8 Å². The van der Waals surface area contributed by atoms with Gasteiger partial charge in [-0.15, -0.1) is 0 Å². The molecule has 2 aromatic carbocycles. The lowest BCUT2D eigenvalue weighted by Gasteiger charge is -2.25. The summed E-state index contributed by atoms with van der Waals surface area (Å²) >= 11 is 0. The Labute approximate surface area is 177 Å². The summed E-state index contributed by atoms with van der Waals surface area (Å²) in [6, 6.07) is 16.8. The average Bonchev–Trinajstić information content (AvgIpc) is 2.76. The number of ether oxygens (including phenoxy) is 1. The lowest BCUT2D eigenvalue weighted by molar-refractivity contribution is -0.129. The molecule has 2 aromatic rings. The quantitative estimate of drug-likeness (QED) is 0.558. The molecule has 160 valence electrons. The minimum atomic E-state index is -0.915. The van der Waals surface area contributed by atoms with Crippen LogP contribution in [0.15, 0.2) is 60.7 Å². The van der Waals surface area contributed by atoms with Crippen molar-refractivity contribution in [2.45, 2.75) is 45.4 Å². The molecule has 3 amide bonds. The van der Waals surface area contributed by atoms with E-state index in [1.165, 1.54) is 0 Å². The van der Waals surface area contributed by atoms with E-state index < -0.39 is 30.0 Å². The van der Waals surface area contributed by atoms with Gasteiger partial charge in [0.05, 0.1) is 0 Å². The van der Waals surface area contributed by atoms with Crippen molar-refractivity contribution < 1.29 is 19.1 Å². The van der Waals surface area contributed by atoms with Crippen molar-refractivity contribution in [1.82, 2.24) is 10.6 Å². The Hall–Kier alpha value is -3.35. The van der Waals surface area contributed by atoms with Crippen LogP contribution in [0.3, 0.4) is 0 Å². The average molecular weight is 412 g/mol. The summed E-state index contributed by atoms with van der Waals surface area (Å²) in [4.78, 5) is 37.0. The zero-order valence-corrected chi connectivity index (χ0v) is 17.3. The van der Waals surface area contributed by atoms with Gasteiger partial charge in [-0.2, -0.15) is 0 Å². The van der Waals surface area contributed by atoms with Gasteiger partial charge in [-0.3, -0.25) is 9.59 Å². The summed E-state index contributed by atoms with van der Waals surface area (Å²) in [5.74, 6) is -1.23. The molecule has 30 heavy (non-hydrogen) atoms. The van der Waals surface area contributed by atoms with Crippen molar-refractivity contribution in [3.8, 4) is 0 Å². The number of benzene rings is 2. The molecular weight excluding hydrogens is 382 g/mol. The normalized spacial score (nSPS) is 13.5. The molecule has 2 unspecified atom stereocenters. The van der Waals surface area contributed by atoms with Crippen LogP contribution in [0, 0.1) is 5.92 Å². The standard InChI is InChI=1S/C23H29N3O4/c1-3-16(2)20(21(24)27)26-22(28)19(14-17-10-6-4-7-11-17)25-23(29)30-15-18-12-8-5-9-13-18/h4-13,16,19-20H,3,14-15H2,1-2H3,(H2,24,27)(H,25,29)(H,26,28)/t16?,19?,20-/m0/s1. The zero-order valence-electron chi connectivity index (χ0n) is 17.3. The molecule has 0 saturated carbocycles. The largest absolute Gasteiger partial charge is 0.445 e. The first kappa shape index (κ1) is 22.9. The second kappa shape index (κ2) is 11.6. The monoisotopic (exact) mass is 411 g/mol. The molecule has 0 aliphatic carbocycles. The van der Waals surface area contributed by atoms with Crippen LogP contribution in [0.4, 0.5) is 4.79 Å². The van der Waals surface area contributed by atoms with Crippen molar-refractivity contribution in [3.63, 3.8) is 0 Å². The van der Waals surface area contributed by atoms with Gasteiger partial charge in [-0.05, 0) is 17.0 Å². The van der Waals surface area contributed by atoms with Crippen molar-refractivity contribution >= 4 is 17.9 Å². The fraction of sp³-hybridized carbons (Fsp3) is 0.348. The summed E-state index contributed by atoms with van der Waals surface area (Å²) < 4.78 is 5.25. The highest BCUT2D eigenvalue weighted by molar-refractivity contribution is 5.91. The number of hydrogen-bond acceptors (Lipinski definition) is 4. The summed E-state index contributed by atoms with van der Waals surface area (Å²) in [6.45, 7) is 3.83. The molecule has 0 heterocycles. The molecule has 2 rings (SSSR count). The van der Waals surface area contributed by atoms with Gasteiger partial charge in [0.1, 0.15) is 18.7 Å². The number of rotatable bonds is 10. The van der Waals surface area contributed by atoms with E-state index in [9.17, 15) is 14.4 Å². The van der Waals surface area contributed by atoms with Gasteiger partial charge < -0.3 is 21.1 Å². The van der Waals surface area contributed by atoms with Gasteiger partial charge >= 0.3 is 6.09 Å². The van der Waals surface area contributed by atoms with Gasteiger partial charge in [-0.1, -0.05) is 80.9 Å². The highest BCUT2D eigenvalue weighted by atomic mass is 16.5. The molecule has 0 aromatic heterocycles. The van der Waals surface area contributed by atoms with Crippen LogP contribution in [0.25, 0.3) is 0 Å². The molecule has 0 radical (unpaired) electrons. The molecule has 0 fully saturated rings. The third-order valence-electron chi connectivity index (χ3n) is 4.92. The predicted molar refractivity (Wildman–Crippen MR) is 114 cm³/mol. The van der Waals surface area contributed by atoms with Crippen molar-refractivity contribution in [1.29, 1.82) is 0 Å². The molecule has 0 aliphatic rings. The predicted octanol–water partition coefficient (Wildman–Crippen LogP) is 2.54. The second-order valence-electron chi connectivity index (χ2n) is 7.22. The first-order chi connectivity index (χ1) is 14.4. The molecule has 3 atom stereocenters.